The molecule has 17 heavy (non-hydrogen) atoms. The molecule has 1 aromatic carbocycles. The van der Waals surface area contributed by atoms with E-state index in [4.69, 9.17) is 10.5 Å². The number of benzene rings is 1. The molecule has 0 aromatic heterocycles. The molecular formula is C14H18FNO. The largest absolute Gasteiger partial charge is 0.493 e. The molecule has 3 heteroatoms. The summed E-state index contributed by atoms with van der Waals surface area (Å²) in [6.07, 6.45) is 1.04. The lowest BCUT2D eigenvalue weighted by molar-refractivity contribution is 0.255. The molecule has 0 radical (unpaired) electrons. The molecule has 0 aliphatic heterocycles. The van der Waals surface area contributed by atoms with Gasteiger partial charge in [0.25, 0.3) is 0 Å². The molecular weight excluding hydrogens is 217 g/mol. The Bertz CT molecular complexity index is 420. The van der Waals surface area contributed by atoms with E-state index in [1.807, 2.05) is 0 Å². The van der Waals surface area contributed by atoms with Crippen LogP contribution in [0.4, 0.5) is 4.39 Å². The number of hydrogen-bond acceptors (Lipinski definition) is 2. The average molecular weight is 235 g/mol. The summed E-state index contributed by atoms with van der Waals surface area (Å²) in [5.41, 5.74) is 5.86. The maximum absolute atomic E-state index is 13.3. The molecule has 1 unspecified atom stereocenters. The van der Waals surface area contributed by atoms with Crippen LogP contribution in [-0.2, 0) is 0 Å². The van der Waals surface area contributed by atoms with E-state index >= 15 is 0 Å². The van der Waals surface area contributed by atoms with E-state index in [0.717, 1.165) is 6.42 Å². The van der Waals surface area contributed by atoms with Crippen LogP contribution in [0.3, 0.4) is 0 Å². The first-order valence-corrected chi connectivity index (χ1v) is 5.78. The first kappa shape index (κ1) is 13.5. The fourth-order valence-electron chi connectivity index (χ4n) is 1.23. The number of nitrogens with two attached hydrogens (primary N) is 1. The van der Waals surface area contributed by atoms with Crippen LogP contribution in [0.5, 0.6) is 5.75 Å². The molecule has 0 heterocycles. The Morgan fingerprint density at radius 3 is 2.82 bits per heavy atom. The first-order valence-electron chi connectivity index (χ1n) is 5.78. The van der Waals surface area contributed by atoms with Gasteiger partial charge in [0.2, 0.25) is 0 Å². The SMILES string of the molecule is CCC(C)COc1cc(F)cc(C#CCN)c1. The minimum atomic E-state index is -0.340. The van der Waals surface area contributed by atoms with E-state index in [1.165, 1.54) is 12.1 Å². The summed E-state index contributed by atoms with van der Waals surface area (Å²) in [5, 5.41) is 0. The van der Waals surface area contributed by atoms with Crippen molar-refractivity contribution in [3.05, 3.63) is 29.6 Å². The van der Waals surface area contributed by atoms with Gasteiger partial charge in [-0.25, -0.2) is 4.39 Å². The molecule has 0 fully saturated rings. The fraction of sp³-hybridized carbons (Fsp3) is 0.429. The molecule has 0 saturated carbocycles. The van der Waals surface area contributed by atoms with Gasteiger partial charge in [0.15, 0.2) is 0 Å². The van der Waals surface area contributed by atoms with Gasteiger partial charge in [-0.05, 0) is 18.1 Å². The molecule has 0 aliphatic rings. The van der Waals surface area contributed by atoms with Gasteiger partial charge in [-0.15, -0.1) is 0 Å². The summed E-state index contributed by atoms with van der Waals surface area (Å²) < 4.78 is 18.8. The summed E-state index contributed by atoms with van der Waals surface area (Å²) in [7, 11) is 0. The zero-order valence-corrected chi connectivity index (χ0v) is 10.3. The molecule has 1 aromatic rings. The Balaban J connectivity index is 2.75. The molecule has 0 aliphatic carbocycles. The second-order valence-electron chi connectivity index (χ2n) is 4.01. The normalized spacial score (nSPS) is 11.5. The van der Waals surface area contributed by atoms with Crippen LogP contribution in [-0.4, -0.2) is 13.2 Å². The number of halogens is 1. The number of ether oxygens (including phenoxy) is 1. The summed E-state index contributed by atoms with van der Waals surface area (Å²) >= 11 is 0. The first-order chi connectivity index (χ1) is 8.15. The van der Waals surface area contributed by atoms with Crippen molar-refractivity contribution in [2.75, 3.05) is 13.2 Å². The second-order valence-corrected chi connectivity index (χ2v) is 4.01. The Morgan fingerprint density at radius 2 is 2.18 bits per heavy atom. The van der Waals surface area contributed by atoms with E-state index in [2.05, 4.69) is 25.7 Å². The molecule has 0 bridgehead atoms. The predicted octanol–water partition coefficient (Wildman–Crippen LogP) is 2.56. The van der Waals surface area contributed by atoms with Crippen LogP contribution in [0, 0.1) is 23.6 Å². The number of hydrogen-bond donors (Lipinski definition) is 1. The lowest BCUT2D eigenvalue weighted by Crippen LogP contribution is -2.07. The van der Waals surface area contributed by atoms with Crippen molar-refractivity contribution in [1.82, 2.24) is 0 Å². The van der Waals surface area contributed by atoms with Gasteiger partial charge in [0.1, 0.15) is 11.6 Å². The van der Waals surface area contributed by atoms with Crippen LogP contribution >= 0.6 is 0 Å². The van der Waals surface area contributed by atoms with E-state index < -0.39 is 0 Å². The lowest BCUT2D eigenvalue weighted by atomic mass is 10.1. The summed E-state index contributed by atoms with van der Waals surface area (Å²) in [5.74, 6) is 6.12. The summed E-state index contributed by atoms with van der Waals surface area (Å²) in [4.78, 5) is 0. The molecule has 0 amide bonds. The maximum atomic E-state index is 13.3. The highest BCUT2D eigenvalue weighted by atomic mass is 19.1. The molecule has 2 N–H and O–H groups in total. The van der Waals surface area contributed by atoms with Gasteiger partial charge in [-0.3, -0.25) is 0 Å². The van der Waals surface area contributed by atoms with Crippen LogP contribution < -0.4 is 10.5 Å². The highest BCUT2D eigenvalue weighted by Crippen LogP contribution is 2.17. The van der Waals surface area contributed by atoms with Crippen molar-refractivity contribution in [2.24, 2.45) is 11.7 Å². The summed E-state index contributed by atoms with van der Waals surface area (Å²) in [6, 6.07) is 4.48. The minimum Gasteiger partial charge on any atom is -0.493 e. The van der Waals surface area contributed by atoms with E-state index in [-0.39, 0.29) is 12.4 Å². The maximum Gasteiger partial charge on any atom is 0.128 e. The quantitative estimate of drug-likeness (QED) is 0.814. The smallest absolute Gasteiger partial charge is 0.128 e. The third kappa shape index (κ3) is 4.88. The fourth-order valence-corrected chi connectivity index (χ4v) is 1.23. The van der Waals surface area contributed by atoms with Gasteiger partial charge in [-0.2, -0.15) is 0 Å². The lowest BCUT2D eigenvalue weighted by Gasteiger charge is -2.11. The topological polar surface area (TPSA) is 35.2 Å². The van der Waals surface area contributed by atoms with Gasteiger partial charge < -0.3 is 10.5 Å². The monoisotopic (exact) mass is 235 g/mol. The average Bonchev–Trinajstić information content (AvgIpc) is 2.32. The van der Waals surface area contributed by atoms with Gasteiger partial charge in [-0.1, -0.05) is 32.1 Å². The van der Waals surface area contributed by atoms with E-state index in [0.29, 0.717) is 23.8 Å². The Labute approximate surface area is 102 Å². The van der Waals surface area contributed by atoms with Crippen molar-refractivity contribution < 1.29 is 9.13 Å². The van der Waals surface area contributed by atoms with Crippen molar-refractivity contribution >= 4 is 0 Å². The van der Waals surface area contributed by atoms with Crippen molar-refractivity contribution in [3.8, 4) is 17.6 Å². The van der Waals surface area contributed by atoms with Crippen LogP contribution in [0.2, 0.25) is 0 Å². The second kappa shape index (κ2) is 6.93. The highest BCUT2D eigenvalue weighted by molar-refractivity contribution is 5.40. The zero-order chi connectivity index (χ0) is 12.7. The minimum absolute atomic E-state index is 0.263. The van der Waals surface area contributed by atoms with E-state index in [1.54, 1.807) is 6.07 Å². The zero-order valence-electron chi connectivity index (χ0n) is 10.3. The molecule has 0 saturated heterocycles. The van der Waals surface area contributed by atoms with Crippen molar-refractivity contribution in [1.29, 1.82) is 0 Å². The standard InChI is InChI=1S/C14H18FNO/c1-3-11(2)10-17-14-8-12(5-4-6-16)7-13(15)9-14/h7-9,11H,3,6,10,16H2,1-2H3. The van der Waals surface area contributed by atoms with Crippen molar-refractivity contribution in [3.63, 3.8) is 0 Å². The molecule has 1 atom stereocenters. The molecule has 92 valence electrons. The number of rotatable bonds is 4. The Hall–Kier alpha value is -1.53. The van der Waals surface area contributed by atoms with Crippen molar-refractivity contribution in [2.45, 2.75) is 20.3 Å². The van der Waals surface area contributed by atoms with Gasteiger partial charge >= 0.3 is 0 Å². The molecule has 2 nitrogen and oxygen atoms in total. The third-order valence-corrected chi connectivity index (χ3v) is 2.44. The Kier molecular flexibility index (Phi) is 5.51. The Morgan fingerprint density at radius 1 is 1.41 bits per heavy atom. The summed E-state index contributed by atoms with van der Waals surface area (Å²) in [6.45, 7) is 5.04. The van der Waals surface area contributed by atoms with Crippen LogP contribution in [0.25, 0.3) is 0 Å². The van der Waals surface area contributed by atoms with Crippen LogP contribution in [0.15, 0.2) is 18.2 Å². The van der Waals surface area contributed by atoms with Crippen LogP contribution in [0.1, 0.15) is 25.8 Å². The predicted molar refractivity (Wildman–Crippen MR) is 67.3 cm³/mol. The van der Waals surface area contributed by atoms with E-state index in [9.17, 15) is 4.39 Å². The van der Waals surface area contributed by atoms with Gasteiger partial charge in [0, 0.05) is 11.6 Å². The third-order valence-electron chi connectivity index (χ3n) is 2.44. The molecule has 0 spiro atoms. The van der Waals surface area contributed by atoms with Gasteiger partial charge in [0.05, 0.1) is 13.2 Å². The highest BCUT2D eigenvalue weighted by Gasteiger charge is 2.03. The molecule has 1 rings (SSSR count).